The summed E-state index contributed by atoms with van der Waals surface area (Å²) in [4.78, 5) is 25.1. The van der Waals surface area contributed by atoms with Gasteiger partial charge in [0.15, 0.2) is 6.29 Å². The summed E-state index contributed by atoms with van der Waals surface area (Å²) < 4.78 is 16.6. The maximum atomic E-state index is 13.0. The third kappa shape index (κ3) is 43.0. The zero-order valence-electron chi connectivity index (χ0n) is 48.0. The molecule has 1 fully saturated rings. The first-order chi connectivity index (χ1) is 36.7. The number of hydrogen-bond acceptors (Lipinski definition) is 10. The third-order valence-corrected chi connectivity index (χ3v) is 14.3. The lowest BCUT2D eigenvalue weighted by Crippen LogP contribution is -2.60. The Morgan fingerprint density at radius 1 is 0.493 bits per heavy atom. The highest BCUT2D eigenvalue weighted by Gasteiger charge is 2.44. The second kappa shape index (κ2) is 53.4. The highest BCUT2D eigenvalue weighted by Crippen LogP contribution is 2.23. The molecule has 11 nitrogen and oxygen atoms in total. The molecule has 0 spiro atoms. The van der Waals surface area contributed by atoms with Crippen LogP contribution in [-0.2, 0) is 23.8 Å². The predicted octanol–water partition coefficient (Wildman–Crippen LogP) is 14.6. The summed E-state index contributed by atoms with van der Waals surface area (Å²) in [7, 11) is 0. The Morgan fingerprint density at radius 2 is 0.907 bits per heavy atom. The molecule has 11 heteroatoms. The summed E-state index contributed by atoms with van der Waals surface area (Å²) in [6.45, 7) is 4.15. The molecule has 1 saturated heterocycles. The summed E-state index contributed by atoms with van der Waals surface area (Å²) in [5.41, 5.74) is 0. The molecular weight excluding hydrogens is 943 g/mol. The van der Waals surface area contributed by atoms with Gasteiger partial charge in [0.2, 0.25) is 5.91 Å². The van der Waals surface area contributed by atoms with Gasteiger partial charge in [-0.2, -0.15) is 0 Å². The number of amides is 1. The number of rotatable bonds is 53. The van der Waals surface area contributed by atoms with Crippen LogP contribution in [0, 0.1) is 0 Å². The van der Waals surface area contributed by atoms with Crippen LogP contribution in [0.2, 0.25) is 0 Å². The first-order valence-corrected chi connectivity index (χ1v) is 31.1. The number of aliphatic hydroxyl groups is 5. The third-order valence-electron chi connectivity index (χ3n) is 14.3. The highest BCUT2D eigenvalue weighted by atomic mass is 16.7. The van der Waals surface area contributed by atoms with E-state index in [0.29, 0.717) is 19.4 Å². The van der Waals surface area contributed by atoms with Gasteiger partial charge >= 0.3 is 5.97 Å². The van der Waals surface area contributed by atoms with E-state index in [4.69, 9.17) is 14.2 Å². The number of aliphatic hydroxyl groups excluding tert-OH is 5. The summed E-state index contributed by atoms with van der Waals surface area (Å²) in [5, 5.41) is 54.2. The maximum absolute atomic E-state index is 13.0. The molecule has 1 aliphatic rings. The number of carbonyl (C=O) groups excluding carboxylic acids is 2. The molecule has 1 heterocycles. The molecule has 0 aliphatic carbocycles. The fourth-order valence-electron chi connectivity index (χ4n) is 9.40. The zero-order valence-corrected chi connectivity index (χ0v) is 48.0. The number of allylic oxidation sites excluding steroid dienone is 8. The molecule has 0 aromatic carbocycles. The van der Waals surface area contributed by atoms with Crippen LogP contribution in [0.1, 0.15) is 271 Å². The summed E-state index contributed by atoms with van der Waals surface area (Å²) in [5.74, 6) is -0.253. The van der Waals surface area contributed by atoms with E-state index in [0.717, 1.165) is 77.0 Å². The first kappa shape index (κ1) is 70.4. The standard InChI is InChI=1S/C64H115NO10/c1-3-5-7-9-11-13-14-15-16-22-26-29-32-36-40-44-48-52-60(69)73-53-49-45-41-37-33-30-27-24-21-19-17-18-20-23-25-28-31-35-39-43-47-51-59(68)65-56(57(67)50-46-42-38-34-12-10-8-6-4-2)55-74-64-63(72)62(71)61(70)58(54-66)75-64/h12,15-16,30,33-34,41,45-46,50,56-58,61-64,66-67,70-72H,3-11,13-14,17-29,31-32,35-40,42-44,47-49,51-55H2,1-2H3,(H,65,68)/b16-15-,33-30-,34-12+,45-41-,50-46+. The summed E-state index contributed by atoms with van der Waals surface area (Å²) >= 11 is 0. The van der Waals surface area contributed by atoms with Gasteiger partial charge < -0.3 is 45.1 Å². The van der Waals surface area contributed by atoms with E-state index in [1.165, 1.54) is 167 Å². The normalized spacial score (nSPS) is 19.2. The van der Waals surface area contributed by atoms with Gasteiger partial charge in [-0.3, -0.25) is 9.59 Å². The zero-order chi connectivity index (χ0) is 54.5. The number of nitrogens with one attached hydrogen (secondary N) is 1. The molecule has 6 N–H and O–H groups in total. The topological polar surface area (TPSA) is 175 Å². The van der Waals surface area contributed by atoms with Crippen molar-refractivity contribution in [1.82, 2.24) is 5.32 Å². The van der Waals surface area contributed by atoms with Crippen LogP contribution < -0.4 is 5.32 Å². The van der Waals surface area contributed by atoms with Crippen molar-refractivity contribution in [3.63, 3.8) is 0 Å². The van der Waals surface area contributed by atoms with Crippen molar-refractivity contribution in [2.24, 2.45) is 0 Å². The number of carbonyl (C=O) groups is 2. The van der Waals surface area contributed by atoms with Gasteiger partial charge in [0.25, 0.3) is 0 Å². The van der Waals surface area contributed by atoms with Crippen LogP contribution in [0.4, 0.5) is 0 Å². The summed E-state index contributed by atoms with van der Waals surface area (Å²) in [6.07, 6.45) is 59.3. The number of ether oxygens (including phenoxy) is 3. The van der Waals surface area contributed by atoms with Crippen molar-refractivity contribution < 1.29 is 49.3 Å². The van der Waals surface area contributed by atoms with Crippen LogP contribution >= 0.6 is 0 Å². The van der Waals surface area contributed by atoms with Gasteiger partial charge in [0.05, 0.1) is 32.0 Å². The van der Waals surface area contributed by atoms with Crippen molar-refractivity contribution in [2.75, 3.05) is 19.8 Å². The van der Waals surface area contributed by atoms with Gasteiger partial charge in [0, 0.05) is 12.8 Å². The largest absolute Gasteiger partial charge is 0.465 e. The fraction of sp³-hybridized carbons (Fsp3) is 0.812. The van der Waals surface area contributed by atoms with Gasteiger partial charge in [-0.05, 0) is 89.9 Å². The van der Waals surface area contributed by atoms with Crippen molar-refractivity contribution in [3.05, 3.63) is 60.8 Å². The predicted molar refractivity (Wildman–Crippen MR) is 310 cm³/mol. The van der Waals surface area contributed by atoms with Gasteiger partial charge in [0.1, 0.15) is 24.4 Å². The molecule has 1 amide bonds. The maximum Gasteiger partial charge on any atom is 0.305 e. The molecule has 7 atom stereocenters. The van der Waals surface area contributed by atoms with Crippen LogP contribution in [0.3, 0.4) is 0 Å². The van der Waals surface area contributed by atoms with Crippen LogP contribution in [0.5, 0.6) is 0 Å². The second-order valence-electron chi connectivity index (χ2n) is 21.4. The Kier molecular flexibility index (Phi) is 50.1. The highest BCUT2D eigenvalue weighted by molar-refractivity contribution is 5.76. The Labute approximate surface area is 458 Å². The molecular formula is C64H115NO10. The second-order valence-corrected chi connectivity index (χ2v) is 21.4. The van der Waals surface area contributed by atoms with Gasteiger partial charge in [-0.15, -0.1) is 0 Å². The lowest BCUT2D eigenvalue weighted by atomic mass is 9.99. The Hall–Kier alpha value is -2.64. The molecule has 0 aromatic rings. The number of unbranched alkanes of at least 4 members (excludes halogenated alkanes) is 31. The number of hydrogen-bond donors (Lipinski definition) is 6. The van der Waals surface area contributed by atoms with E-state index in [2.05, 4.69) is 67.8 Å². The average Bonchev–Trinajstić information content (AvgIpc) is 3.41. The van der Waals surface area contributed by atoms with Crippen molar-refractivity contribution >= 4 is 11.9 Å². The fourth-order valence-corrected chi connectivity index (χ4v) is 9.40. The van der Waals surface area contributed by atoms with Crippen LogP contribution in [0.25, 0.3) is 0 Å². The lowest BCUT2D eigenvalue weighted by molar-refractivity contribution is -0.302. The van der Waals surface area contributed by atoms with Crippen LogP contribution in [0.15, 0.2) is 60.8 Å². The molecule has 0 radical (unpaired) electrons. The molecule has 436 valence electrons. The Bertz CT molecular complexity index is 1430. The van der Waals surface area contributed by atoms with E-state index in [9.17, 15) is 35.1 Å². The Morgan fingerprint density at radius 3 is 1.43 bits per heavy atom. The van der Waals surface area contributed by atoms with Crippen molar-refractivity contribution in [3.8, 4) is 0 Å². The lowest BCUT2D eigenvalue weighted by Gasteiger charge is -2.40. The molecule has 75 heavy (non-hydrogen) atoms. The van der Waals surface area contributed by atoms with E-state index < -0.39 is 49.5 Å². The summed E-state index contributed by atoms with van der Waals surface area (Å²) in [6, 6.07) is -0.831. The van der Waals surface area contributed by atoms with Gasteiger partial charge in [-0.25, -0.2) is 0 Å². The molecule has 7 unspecified atom stereocenters. The first-order valence-electron chi connectivity index (χ1n) is 31.1. The molecule has 0 bridgehead atoms. The van der Waals surface area contributed by atoms with E-state index in [-0.39, 0.29) is 18.5 Å². The quantitative estimate of drug-likeness (QED) is 0.0195. The SMILES string of the molecule is CCCCC/C=C/CC/C=C/C(O)C(COC1OC(CO)C(O)C(O)C1O)NC(=O)CCCCCCCCCCCCCCCC/C=C\C/C=C\CCOC(=O)CCCCCCCCC/C=C\CCCCCCCC. The Balaban J connectivity index is 2.01. The monoisotopic (exact) mass is 1060 g/mol. The average molecular weight is 1060 g/mol. The van der Waals surface area contributed by atoms with Crippen molar-refractivity contribution in [1.29, 1.82) is 0 Å². The van der Waals surface area contributed by atoms with Crippen molar-refractivity contribution in [2.45, 2.75) is 314 Å². The molecule has 0 saturated carbocycles. The van der Waals surface area contributed by atoms with E-state index >= 15 is 0 Å². The molecule has 1 aliphatic heterocycles. The minimum atomic E-state index is -1.58. The minimum absolute atomic E-state index is 0.0529. The van der Waals surface area contributed by atoms with E-state index in [1.54, 1.807) is 6.08 Å². The molecule has 1 rings (SSSR count). The van der Waals surface area contributed by atoms with Gasteiger partial charge in [-0.1, -0.05) is 229 Å². The smallest absolute Gasteiger partial charge is 0.305 e. The van der Waals surface area contributed by atoms with Crippen LogP contribution in [-0.4, -0.2) is 100 Å². The number of esters is 1. The van der Waals surface area contributed by atoms with E-state index in [1.807, 2.05) is 6.08 Å². The minimum Gasteiger partial charge on any atom is -0.465 e. The molecule has 0 aromatic heterocycles.